The Morgan fingerprint density at radius 3 is 2.44 bits per heavy atom. The number of para-hydroxylation sites is 1. The van der Waals surface area contributed by atoms with Crippen LogP contribution in [0, 0.1) is 5.92 Å². The number of anilines is 1. The lowest BCUT2D eigenvalue weighted by Crippen LogP contribution is -2.25. The van der Waals surface area contributed by atoms with E-state index in [0.29, 0.717) is 23.8 Å². The van der Waals surface area contributed by atoms with Gasteiger partial charge in [-0.25, -0.2) is 4.99 Å². The van der Waals surface area contributed by atoms with E-state index in [9.17, 15) is 0 Å². The van der Waals surface area contributed by atoms with Crippen molar-refractivity contribution < 1.29 is 0 Å². The summed E-state index contributed by atoms with van der Waals surface area (Å²) in [6.45, 7) is 4.35. The number of hydrogen-bond donors (Lipinski definition) is 2. The lowest BCUT2D eigenvalue weighted by Gasteiger charge is -2.15. The Hall–Kier alpha value is -1.56. The molecule has 0 bridgehead atoms. The van der Waals surface area contributed by atoms with E-state index < -0.39 is 0 Å². The first-order valence-electron chi connectivity index (χ1n) is 9.01. The summed E-state index contributed by atoms with van der Waals surface area (Å²) >= 11 is 0. The van der Waals surface area contributed by atoms with E-state index >= 15 is 0 Å². The second kappa shape index (κ2) is 7.36. The standard InChI is InChI=1S/C21H25N3.HI/c1-3-13-9-7-10-14(4-2)19(13)23-21(22)24-20-17-12-15-8-5-6-11-16(15)18(17)20;/h5-11,17-18,20H,3-4,12H2,1-2H3,(H3,22,23,24);1H. The number of nitrogens with zero attached hydrogens (tertiary/aromatic N) is 1. The lowest BCUT2D eigenvalue weighted by atomic mass is 10.0. The van der Waals surface area contributed by atoms with Crippen molar-refractivity contribution in [1.29, 1.82) is 0 Å². The fourth-order valence-corrected chi connectivity index (χ4v) is 4.22. The molecule has 132 valence electrons. The van der Waals surface area contributed by atoms with Crippen molar-refractivity contribution in [2.45, 2.75) is 45.1 Å². The van der Waals surface area contributed by atoms with Crippen molar-refractivity contribution in [1.82, 2.24) is 0 Å². The summed E-state index contributed by atoms with van der Waals surface area (Å²) in [7, 11) is 0. The van der Waals surface area contributed by atoms with Crippen LogP contribution in [0.5, 0.6) is 0 Å². The SMILES string of the molecule is CCc1cccc(CC)c1NC(N)=NC1C2Cc3ccccc3C21.I. The van der Waals surface area contributed by atoms with Crippen LogP contribution in [0.15, 0.2) is 47.5 Å². The topological polar surface area (TPSA) is 50.4 Å². The van der Waals surface area contributed by atoms with Crippen LogP contribution < -0.4 is 11.1 Å². The van der Waals surface area contributed by atoms with E-state index in [-0.39, 0.29) is 24.0 Å². The fourth-order valence-electron chi connectivity index (χ4n) is 4.22. The first-order chi connectivity index (χ1) is 11.7. The minimum Gasteiger partial charge on any atom is -0.370 e. The average molecular weight is 447 g/mol. The van der Waals surface area contributed by atoms with E-state index in [2.05, 4.69) is 61.6 Å². The van der Waals surface area contributed by atoms with Crippen LogP contribution in [0.4, 0.5) is 5.69 Å². The Kier molecular flexibility index (Phi) is 5.37. The molecule has 2 aliphatic carbocycles. The maximum atomic E-state index is 6.26. The molecule has 4 rings (SSSR count). The van der Waals surface area contributed by atoms with Gasteiger partial charge >= 0.3 is 0 Å². The van der Waals surface area contributed by atoms with Gasteiger partial charge in [0.2, 0.25) is 0 Å². The van der Waals surface area contributed by atoms with Crippen molar-refractivity contribution in [3.8, 4) is 0 Å². The highest BCUT2D eigenvalue weighted by atomic mass is 127. The molecule has 0 amide bonds. The smallest absolute Gasteiger partial charge is 0.193 e. The minimum atomic E-state index is 0. The summed E-state index contributed by atoms with van der Waals surface area (Å²) in [5.74, 6) is 1.78. The maximum Gasteiger partial charge on any atom is 0.193 e. The van der Waals surface area contributed by atoms with Crippen LogP contribution in [0.1, 0.15) is 42.0 Å². The molecule has 1 saturated carbocycles. The molecule has 2 aromatic rings. The molecular formula is C21H26IN3. The summed E-state index contributed by atoms with van der Waals surface area (Å²) < 4.78 is 0. The molecule has 4 heteroatoms. The first kappa shape index (κ1) is 18.2. The number of aryl methyl sites for hydroxylation is 2. The van der Waals surface area contributed by atoms with Crippen molar-refractivity contribution in [3.63, 3.8) is 0 Å². The van der Waals surface area contributed by atoms with Gasteiger partial charge in [-0.1, -0.05) is 56.3 Å². The molecule has 0 radical (unpaired) electrons. The number of hydrogen-bond acceptors (Lipinski definition) is 1. The van der Waals surface area contributed by atoms with E-state index in [1.54, 1.807) is 0 Å². The van der Waals surface area contributed by atoms with Gasteiger partial charge in [-0.3, -0.25) is 0 Å². The van der Waals surface area contributed by atoms with Gasteiger partial charge in [-0.2, -0.15) is 0 Å². The molecule has 2 aromatic carbocycles. The zero-order valence-electron chi connectivity index (χ0n) is 14.8. The molecular weight excluding hydrogens is 421 g/mol. The molecule has 0 spiro atoms. The number of nitrogens with one attached hydrogen (secondary N) is 1. The molecule has 0 aliphatic heterocycles. The van der Waals surface area contributed by atoms with Gasteiger partial charge in [0.15, 0.2) is 5.96 Å². The highest BCUT2D eigenvalue weighted by Crippen LogP contribution is 2.58. The Morgan fingerprint density at radius 2 is 1.76 bits per heavy atom. The number of nitrogens with two attached hydrogens (primary N) is 1. The molecule has 25 heavy (non-hydrogen) atoms. The Bertz CT molecular complexity index is 777. The summed E-state index contributed by atoms with van der Waals surface area (Å²) in [6, 6.07) is 15.6. The van der Waals surface area contributed by atoms with Gasteiger partial charge in [0.25, 0.3) is 0 Å². The normalized spacial score (nSPS) is 23.4. The van der Waals surface area contributed by atoms with Gasteiger partial charge in [-0.15, -0.1) is 24.0 Å². The van der Waals surface area contributed by atoms with Gasteiger partial charge < -0.3 is 11.1 Å². The van der Waals surface area contributed by atoms with E-state index in [4.69, 9.17) is 10.7 Å². The molecule has 3 nitrogen and oxygen atoms in total. The Balaban J connectivity index is 0.00000182. The van der Waals surface area contributed by atoms with Gasteiger partial charge in [0, 0.05) is 11.6 Å². The summed E-state index contributed by atoms with van der Waals surface area (Å²) in [5, 5.41) is 3.39. The van der Waals surface area contributed by atoms with E-state index in [0.717, 1.165) is 24.9 Å². The third-order valence-electron chi connectivity index (χ3n) is 5.54. The monoisotopic (exact) mass is 447 g/mol. The maximum absolute atomic E-state index is 6.26. The largest absolute Gasteiger partial charge is 0.370 e. The number of benzene rings is 2. The predicted octanol–water partition coefficient (Wildman–Crippen LogP) is 4.49. The number of rotatable bonds is 4. The highest BCUT2D eigenvalue weighted by Gasteiger charge is 2.55. The fraction of sp³-hybridized carbons (Fsp3) is 0.381. The molecule has 3 N–H and O–H groups in total. The van der Waals surface area contributed by atoms with Crippen LogP contribution in [0.3, 0.4) is 0 Å². The molecule has 3 atom stereocenters. The van der Waals surface area contributed by atoms with E-state index in [1.807, 2.05) is 0 Å². The molecule has 3 unspecified atom stereocenters. The van der Waals surface area contributed by atoms with Crippen molar-refractivity contribution in [2.24, 2.45) is 16.6 Å². The number of halogens is 1. The Labute approximate surface area is 167 Å². The van der Waals surface area contributed by atoms with E-state index in [1.165, 1.54) is 22.3 Å². The van der Waals surface area contributed by atoms with Crippen LogP contribution in [0.2, 0.25) is 0 Å². The van der Waals surface area contributed by atoms with Crippen LogP contribution in [0.25, 0.3) is 0 Å². The zero-order chi connectivity index (χ0) is 16.7. The predicted molar refractivity (Wildman–Crippen MR) is 116 cm³/mol. The zero-order valence-corrected chi connectivity index (χ0v) is 17.2. The van der Waals surface area contributed by atoms with Crippen molar-refractivity contribution >= 4 is 35.6 Å². The van der Waals surface area contributed by atoms with Gasteiger partial charge in [-0.05, 0) is 47.4 Å². The first-order valence-corrected chi connectivity index (χ1v) is 9.01. The third kappa shape index (κ3) is 3.28. The van der Waals surface area contributed by atoms with Crippen LogP contribution >= 0.6 is 24.0 Å². The molecule has 1 fully saturated rings. The molecule has 2 aliphatic rings. The lowest BCUT2D eigenvalue weighted by molar-refractivity contribution is 0.801. The number of guanidine groups is 1. The Morgan fingerprint density at radius 1 is 1.08 bits per heavy atom. The van der Waals surface area contributed by atoms with Crippen LogP contribution in [-0.4, -0.2) is 12.0 Å². The number of aliphatic imine (C=N–C) groups is 1. The minimum absolute atomic E-state index is 0. The highest BCUT2D eigenvalue weighted by molar-refractivity contribution is 14.0. The third-order valence-corrected chi connectivity index (χ3v) is 5.54. The second-order valence-corrected chi connectivity index (χ2v) is 6.88. The summed E-state index contributed by atoms with van der Waals surface area (Å²) in [4.78, 5) is 4.80. The average Bonchev–Trinajstić information content (AvgIpc) is 3.11. The molecule has 0 heterocycles. The van der Waals surface area contributed by atoms with Crippen LogP contribution in [-0.2, 0) is 19.3 Å². The van der Waals surface area contributed by atoms with Gasteiger partial charge in [0.1, 0.15) is 0 Å². The molecule has 0 saturated heterocycles. The van der Waals surface area contributed by atoms with Crippen molar-refractivity contribution in [3.05, 3.63) is 64.7 Å². The quantitative estimate of drug-likeness (QED) is 0.412. The summed E-state index contributed by atoms with van der Waals surface area (Å²) in [6.07, 6.45) is 3.13. The van der Waals surface area contributed by atoms with Gasteiger partial charge in [0.05, 0.1) is 6.04 Å². The van der Waals surface area contributed by atoms with Crippen molar-refractivity contribution in [2.75, 3.05) is 5.32 Å². The molecule has 0 aromatic heterocycles. The number of fused-ring (bicyclic) bond motifs is 3. The second-order valence-electron chi connectivity index (χ2n) is 6.88. The summed E-state index contributed by atoms with van der Waals surface area (Å²) in [5.41, 5.74) is 13.0.